The van der Waals surface area contributed by atoms with Crippen molar-refractivity contribution in [1.82, 2.24) is 4.72 Å². The number of hydrogen-bond acceptors (Lipinski definition) is 8. The van der Waals surface area contributed by atoms with Crippen LogP contribution in [0, 0.1) is 22.7 Å². The van der Waals surface area contributed by atoms with Gasteiger partial charge in [0.2, 0.25) is 0 Å². The van der Waals surface area contributed by atoms with Crippen molar-refractivity contribution in [3.05, 3.63) is 70.8 Å². The number of carbonyl (C=O) groups is 2. The normalized spacial score (nSPS) is 13.7. The van der Waals surface area contributed by atoms with Crippen LogP contribution in [-0.4, -0.2) is 48.8 Å². The first kappa shape index (κ1) is 36.3. The highest BCUT2D eigenvalue weighted by atomic mass is 32.2. The molecule has 2 rings (SSSR count). The molecule has 10 nitrogen and oxygen atoms in total. The number of hydrogen-bond donors (Lipinski definition) is 1. The minimum absolute atomic E-state index is 0.0257. The summed E-state index contributed by atoms with van der Waals surface area (Å²) in [6.45, 7) is 14.5. The molecule has 12 heteroatoms. The zero-order chi connectivity index (χ0) is 32.1. The highest BCUT2D eigenvalue weighted by Crippen LogP contribution is 2.20. The monoisotopic (exact) mass is 614 g/mol. The lowest BCUT2D eigenvalue weighted by Gasteiger charge is -2.23. The number of nitrogens with one attached hydrogen (secondary N) is 1. The second kappa shape index (κ2) is 16.7. The van der Waals surface area contributed by atoms with Crippen molar-refractivity contribution in [3.63, 3.8) is 0 Å². The van der Waals surface area contributed by atoms with Crippen molar-refractivity contribution in [2.24, 2.45) is 4.40 Å². The third-order valence-electron chi connectivity index (χ3n) is 5.08. The molecule has 0 bridgehead atoms. The van der Waals surface area contributed by atoms with E-state index in [2.05, 4.69) is 9.12 Å². The molecule has 0 spiro atoms. The Morgan fingerprint density at radius 2 is 1.43 bits per heavy atom. The number of rotatable bonds is 9. The summed E-state index contributed by atoms with van der Waals surface area (Å²) in [6.07, 6.45) is 0. The van der Waals surface area contributed by atoms with Gasteiger partial charge in [-0.3, -0.25) is 0 Å². The Hall–Kier alpha value is -3.71. The molecule has 0 aliphatic rings. The number of benzene rings is 2. The summed E-state index contributed by atoms with van der Waals surface area (Å²) in [5.74, 6) is -1.16. The van der Waals surface area contributed by atoms with Gasteiger partial charge in [-0.05, 0) is 85.2 Å². The second-order valence-electron chi connectivity index (χ2n) is 10.6. The van der Waals surface area contributed by atoms with E-state index in [9.17, 15) is 18.0 Å². The van der Waals surface area contributed by atoms with Crippen LogP contribution in [0.2, 0.25) is 0 Å². The summed E-state index contributed by atoms with van der Waals surface area (Å²) in [5.41, 5.74) is 1.79. The van der Waals surface area contributed by atoms with Crippen molar-refractivity contribution in [2.45, 2.75) is 70.9 Å². The Bertz CT molecular complexity index is 1410. The van der Waals surface area contributed by atoms with Gasteiger partial charge in [0.1, 0.15) is 17.0 Å². The van der Waals surface area contributed by atoms with Gasteiger partial charge < -0.3 is 9.47 Å². The first-order valence-electron chi connectivity index (χ1n) is 13.1. The van der Waals surface area contributed by atoms with E-state index in [1.165, 1.54) is 6.07 Å². The van der Waals surface area contributed by atoms with Gasteiger partial charge >= 0.3 is 11.9 Å². The van der Waals surface area contributed by atoms with Gasteiger partial charge in [0.25, 0.3) is 0 Å². The Morgan fingerprint density at radius 3 is 1.93 bits per heavy atom. The maximum atomic E-state index is 12.2. The fourth-order valence-electron chi connectivity index (χ4n) is 2.91. The van der Waals surface area contributed by atoms with Gasteiger partial charge in [-0.1, -0.05) is 24.3 Å². The van der Waals surface area contributed by atoms with Gasteiger partial charge in [-0.25, -0.2) is 22.7 Å². The average Bonchev–Trinajstić information content (AvgIpc) is 2.93. The molecule has 1 N–H and O–H groups in total. The van der Waals surface area contributed by atoms with Crippen molar-refractivity contribution in [3.8, 4) is 12.1 Å². The summed E-state index contributed by atoms with van der Waals surface area (Å²) in [5, 5.41) is 17.9. The average molecular weight is 615 g/mol. The molecule has 0 saturated heterocycles. The largest absolute Gasteiger partial charge is 0.465 e. The molecule has 0 aliphatic carbocycles. The lowest BCUT2D eigenvalue weighted by Crippen LogP contribution is -2.39. The first-order chi connectivity index (χ1) is 19.6. The number of nitriles is 2. The van der Waals surface area contributed by atoms with E-state index in [1.54, 1.807) is 77.1 Å². The summed E-state index contributed by atoms with van der Waals surface area (Å²) in [4.78, 5) is 24.1. The molecule has 0 amide bonds. The predicted molar refractivity (Wildman–Crippen MR) is 164 cm³/mol. The molecular formula is C30H38N4O6S2. The van der Waals surface area contributed by atoms with E-state index < -0.39 is 49.4 Å². The summed E-state index contributed by atoms with van der Waals surface area (Å²) < 4.78 is 40.1. The zero-order valence-corrected chi connectivity index (χ0v) is 26.9. The van der Waals surface area contributed by atoms with Gasteiger partial charge in [-0.15, -0.1) is 0 Å². The van der Waals surface area contributed by atoms with Crippen LogP contribution >= 0.6 is 0 Å². The third-order valence-corrected chi connectivity index (χ3v) is 8.04. The first-order valence-corrected chi connectivity index (χ1v) is 15.4. The van der Waals surface area contributed by atoms with Gasteiger partial charge in [-0.2, -0.15) is 14.9 Å². The molecule has 0 aliphatic heterocycles. The van der Waals surface area contributed by atoms with E-state index >= 15 is 0 Å². The molecule has 2 aromatic rings. The van der Waals surface area contributed by atoms with Crippen molar-refractivity contribution in [2.75, 3.05) is 13.2 Å². The molecule has 42 heavy (non-hydrogen) atoms. The number of ether oxygens (including phenoxy) is 2. The van der Waals surface area contributed by atoms with Crippen molar-refractivity contribution in [1.29, 1.82) is 10.5 Å². The van der Waals surface area contributed by atoms with E-state index in [1.807, 2.05) is 32.9 Å². The predicted octanol–water partition coefficient (Wildman–Crippen LogP) is 4.59. The van der Waals surface area contributed by atoms with Crippen LogP contribution in [0.4, 0.5) is 0 Å². The zero-order valence-electron chi connectivity index (χ0n) is 25.2. The molecule has 0 fully saturated rings. The standard InChI is InChI=1S/C15H20N2O3S.C15H18N2O3S/c2*1-5-20-14(18)13(17-21(19)15(2,3)4)12-8-6-7-11(9-12)10-16/h6-9,13,17H,5H2,1-4H3;6-9H,5H2,1-4H3/t13-,21?;/m0./s1. The van der Waals surface area contributed by atoms with Gasteiger partial charge in [0.05, 0.1) is 57.0 Å². The fourth-order valence-corrected chi connectivity index (χ4v) is 4.33. The molecular weight excluding hydrogens is 576 g/mol. The smallest absolute Gasteiger partial charge is 0.358 e. The van der Waals surface area contributed by atoms with Crippen LogP contribution in [0.5, 0.6) is 0 Å². The molecule has 0 heterocycles. The lowest BCUT2D eigenvalue weighted by atomic mass is 10.1. The van der Waals surface area contributed by atoms with E-state index in [-0.39, 0.29) is 18.9 Å². The third kappa shape index (κ3) is 11.6. The molecule has 0 aromatic heterocycles. The van der Waals surface area contributed by atoms with Gasteiger partial charge in [0.15, 0.2) is 5.71 Å². The SMILES string of the molecule is CCOC(=O)C(=NS(=O)C(C)(C)C)c1cccc(C#N)c1.CCOC(=O)[C@@H](NS(=O)C(C)(C)C)c1cccc(C#N)c1. The van der Waals surface area contributed by atoms with Crippen LogP contribution < -0.4 is 4.72 Å². The fraction of sp³-hybridized carbons (Fsp3) is 0.433. The minimum Gasteiger partial charge on any atom is -0.465 e. The molecule has 2 unspecified atom stereocenters. The van der Waals surface area contributed by atoms with Gasteiger partial charge in [0, 0.05) is 5.56 Å². The number of esters is 2. The topological polar surface area (TPSA) is 159 Å². The molecule has 3 atom stereocenters. The summed E-state index contributed by atoms with van der Waals surface area (Å²) in [7, 11) is -3.03. The van der Waals surface area contributed by atoms with Crippen molar-refractivity contribution < 1.29 is 27.5 Å². The maximum Gasteiger partial charge on any atom is 0.358 e. The molecule has 0 saturated carbocycles. The van der Waals surface area contributed by atoms with Crippen molar-refractivity contribution >= 4 is 39.6 Å². The van der Waals surface area contributed by atoms with Crippen LogP contribution in [-0.2, 0) is 41.0 Å². The molecule has 2 aromatic carbocycles. The van der Waals surface area contributed by atoms with Crippen LogP contribution in [0.15, 0.2) is 52.9 Å². The summed E-state index contributed by atoms with van der Waals surface area (Å²) in [6, 6.07) is 16.2. The van der Waals surface area contributed by atoms with Crippen LogP contribution in [0.1, 0.15) is 83.7 Å². The van der Waals surface area contributed by atoms with E-state index in [4.69, 9.17) is 20.0 Å². The maximum absolute atomic E-state index is 12.2. The Kier molecular flexibility index (Phi) is 14.4. The summed E-state index contributed by atoms with van der Waals surface area (Å²) >= 11 is 0. The highest BCUT2D eigenvalue weighted by Gasteiger charge is 2.29. The Balaban J connectivity index is 0.000000420. The molecule has 226 valence electrons. The number of nitrogens with zero attached hydrogens (tertiary/aromatic N) is 3. The minimum atomic E-state index is -1.60. The Morgan fingerprint density at radius 1 is 0.881 bits per heavy atom. The Labute approximate surface area is 253 Å². The number of carbonyl (C=O) groups excluding carboxylic acids is 2. The lowest BCUT2D eigenvalue weighted by molar-refractivity contribution is -0.145. The molecule has 0 radical (unpaired) electrons. The van der Waals surface area contributed by atoms with Crippen LogP contribution in [0.25, 0.3) is 0 Å². The van der Waals surface area contributed by atoms with Crippen LogP contribution in [0.3, 0.4) is 0 Å². The quantitative estimate of drug-likeness (QED) is 0.317. The highest BCUT2D eigenvalue weighted by molar-refractivity contribution is 7.85. The van der Waals surface area contributed by atoms with E-state index in [0.717, 1.165) is 0 Å². The van der Waals surface area contributed by atoms with E-state index in [0.29, 0.717) is 22.3 Å². The second-order valence-corrected chi connectivity index (χ2v) is 14.5.